The van der Waals surface area contributed by atoms with Crippen molar-refractivity contribution in [3.8, 4) is 16.9 Å². The van der Waals surface area contributed by atoms with Gasteiger partial charge in [0.15, 0.2) is 5.78 Å². The van der Waals surface area contributed by atoms with Gasteiger partial charge in [-0.15, -0.1) is 0 Å². The van der Waals surface area contributed by atoms with E-state index in [-0.39, 0.29) is 11.5 Å². The van der Waals surface area contributed by atoms with Crippen LogP contribution >= 0.6 is 0 Å². The summed E-state index contributed by atoms with van der Waals surface area (Å²) in [5.74, 6) is 0.0730. The minimum Gasteiger partial charge on any atom is -0.507 e. The SMILES string of the molecule is O=C(/C=C/c1ccccc1O)c1ccc(-c2ccccc2)cc1. The highest BCUT2D eigenvalue weighted by Gasteiger charge is 2.03. The fourth-order valence-electron chi connectivity index (χ4n) is 2.35. The van der Waals surface area contributed by atoms with Crippen molar-refractivity contribution in [2.45, 2.75) is 0 Å². The Bertz CT molecular complexity index is 831. The van der Waals surface area contributed by atoms with Crippen LogP contribution in [0.3, 0.4) is 0 Å². The molecular formula is C21H16O2. The zero-order valence-electron chi connectivity index (χ0n) is 12.5. The molecule has 0 aliphatic heterocycles. The molecule has 0 amide bonds. The number of para-hydroxylation sites is 1. The highest BCUT2D eigenvalue weighted by molar-refractivity contribution is 6.07. The van der Waals surface area contributed by atoms with E-state index in [9.17, 15) is 9.90 Å². The van der Waals surface area contributed by atoms with Crippen LogP contribution in [-0.4, -0.2) is 10.9 Å². The Morgan fingerprint density at radius 3 is 2.04 bits per heavy atom. The standard InChI is InChI=1S/C21H16O2/c22-20-9-5-4-8-18(20)14-15-21(23)19-12-10-17(11-13-19)16-6-2-1-3-7-16/h1-15,22H/b15-14+. The molecule has 3 aromatic rings. The Balaban J connectivity index is 1.77. The molecule has 2 nitrogen and oxygen atoms in total. The quantitative estimate of drug-likeness (QED) is 0.546. The number of rotatable bonds is 4. The molecule has 3 aromatic carbocycles. The van der Waals surface area contributed by atoms with E-state index in [0.29, 0.717) is 11.1 Å². The average Bonchev–Trinajstić information content (AvgIpc) is 2.62. The Kier molecular flexibility index (Phi) is 4.34. The average molecular weight is 300 g/mol. The minimum absolute atomic E-state index is 0.0899. The van der Waals surface area contributed by atoms with Crippen LogP contribution in [0.1, 0.15) is 15.9 Å². The number of phenols is 1. The maximum atomic E-state index is 12.2. The fraction of sp³-hybridized carbons (Fsp3) is 0. The number of aromatic hydroxyl groups is 1. The van der Waals surface area contributed by atoms with Gasteiger partial charge in [0, 0.05) is 11.1 Å². The molecule has 0 unspecified atom stereocenters. The van der Waals surface area contributed by atoms with Crippen LogP contribution in [0.4, 0.5) is 0 Å². The molecule has 0 heterocycles. The molecule has 3 rings (SSSR count). The Labute approximate surface area is 135 Å². The van der Waals surface area contributed by atoms with E-state index in [4.69, 9.17) is 0 Å². The molecule has 0 saturated carbocycles. The summed E-state index contributed by atoms with van der Waals surface area (Å²) < 4.78 is 0. The van der Waals surface area contributed by atoms with Crippen LogP contribution in [0.25, 0.3) is 17.2 Å². The highest BCUT2D eigenvalue weighted by Crippen LogP contribution is 2.20. The molecule has 0 aliphatic carbocycles. The lowest BCUT2D eigenvalue weighted by Crippen LogP contribution is -1.93. The predicted octanol–water partition coefficient (Wildman–Crippen LogP) is 4.96. The second-order valence-electron chi connectivity index (χ2n) is 5.20. The molecule has 0 aromatic heterocycles. The van der Waals surface area contributed by atoms with Crippen molar-refractivity contribution in [3.05, 3.63) is 96.1 Å². The molecule has 0 fully saturated rings. The number of ketones is 1. The van der Waals surface area contributed by atoms with Crippen molar-refractivity contribution >= 4 is 11.9 Å². The molecule has 112 valence electrons. The van der Waals surface area contributed by atoms with E-state index >= 15 is 0 Å². The lowest BCUT2D eigenvalue weighted by Gasteiger charge is -2.02. The number of allylic oxidation sites excluding steroid dienone is 1. The first-order valence-corrected chi connectivity index (χ1v) is 7.40. The van der Waals surface area contributed by atoms with Crippen LogP contribution in [0, 0.1) is 0 Å². The molecule has 0 saturated heterocycles. The van der Waals surface area contributed by atoms with Gasteiger partial charge >= 0.3 is 0 Å². The third-order valence-electron chi connectivity index (χ3n) is 3.63. The number of phenolic OH excluding ortho intramolecular Hbond substituents is 1. The molecule has 0 radical (unpaired) electrons. The zero-order chi connectivity index (χ0) is 16.1. The lowest BCUT2D eigenvalue weighted by molar-refractivity contribution is 0.104. The third-order valence-corrected chi connectivity index (χ3v) is 3.63. The molecule has 0 bridgehead atoms. The minimum atomic E-state index is -0.0899. The van der Waals surface area contributed by atoms with Gasteiger partial charge in [0.25, 0.3) is 0 Å². The first kappa shape index (κ1) is 14.8. The first-order chi connectivity index (χ1) is 11.2. The van der Waals surface area contributed by atoms with Crippen LogP contribution in [0.15, 0.2) is 84.9 Å². The summed E-state index contributed by atoms with van der Waals surface area (Å²) in [6.07, 6.45) is 3.11. The summed E-state index contributed by atoms with van der Waals surface area (Å²) in [6, 6.07) is 24.5. The molecule has 0 spiro atoms. The summed E-state index contributed by atoms with van der Waals surface area (Å²) in [5.41, 5.74) is 3.45. The smallest absolute Gasteiger partial charge is 0.185 e. The summed E-state index contributed by atoms with van der Waals surface area (Å²) in [4.78, 5) is 12.2. The van der Waals surface area contributed by atoms with E-state index in [0.717, 1.165) is 11.1 Å². The lowest BCUT2D eigenvalue weighted by atomic mass is 10.0. The van der Waals surface area contributed by atoms with E-state index in [1.165, 1.54) is 6.08 Å². The Hall–Kier alpha value is -3.13. The van der Waals surface area contributed by atoms with Gasteiger partial charge in [-0.3, -0.25) is 4.79 Å². The summed E-state index contributed by atoms with van der Waals surface area (Å²) in [5, 5.41) is 9.69. The van der Waals surface area contributed by atoms with E-state index in [2.05, 4.69) is 0 Å². The first-order valence-electron chi connectivity index (χ1n) is 7.40. The van der Waals surface area contributed by atoms with Crippen molar-refractivity contribution in [2.75, 3.05) is 0 Å². The van der Waals surface area contributed by atoms with Crippen LogP contribution < -0.4 is 0 Å². The monoisotopic (exact) mass is 300 g/mol. The van der Waals surface area contributed by atoms with Crippen molar-refractivity contribution in [1.29, 1.82) is 0 Å². The van der Waals surface area contributed by atoms with E-state index < -0.39 is 0 Å². The van der Waals surface area contributed by atoms with Crippen molar-refractivity contribution in [2.24, 2.45) is 0 Å². The number of hydrogen-bond donors (Lipinski definition) is 1. The van der Waals surface area contributed by atoms with Gasteiger partial charge in [0.05, 0.1) is 0 Å². The largest absolute Gasteiger partial charge is 0.507 e. The predicted molar refractivity (Wildman–Crippen MR) is 93.3 cm³/mol. The summed E-state index contributed by atoms with van der Waals surface area (Å²) >= 11 is 0. The molecule has 0 atom stereocenters. The normalized spacial score (nSPS) is 10.8. The number of carbonyl (C=O) groups is 1. The van der Waals surface area contributed by atoms with Gasteiger partial charge in [-0.2, -0.15) is 0 Å². The van der Waals surface area contributed by atoms with Gasteiger partial charge in [-0.25, -0.2) is 0 Å². The molecule has 2 heteroatoms. The van der Waals surface area contributed by atoms with Gasteiger partial charge in [-0.1, -0.05) is 72.8 Å². The molecular weight excluding hydrogens is 284 g/mol. The third kappa shape index (κ3) is 3.55. The van der Waals surface area contributed by atoms with Gasteiger partial charge in [0.2, 0.25) is 0 Å². The number of benzene rings is 3. The topological polar surface area (TPSA) is 37.3 Å². The second-order valence-corrected chi connectivity index (χ2v) is 5.20. The van der Waals surface area contributed by atoms with Gasteiger partial charge in [0.1, 0.15) is 5.75 Å². The van der Waals surface area contributed by atoms with Crippen LogP contribution in [0.2, 0.25) is 0 Å². The van der Waals surface area contributed by atoms with E-state index in [1.54, 1.807) is 24.3 Å². The maximum Gasteiger partial charge on any atom is 0.185 e. The van der Waals surface area contributed by atoms with Gasteiger partial charge < -0.3 is 5.11 Å². The number of carbonyl (C=O) groups excluding carboxylic acids is 1. The Morgan fingerprint density at radius 2 is 1.35 bits per heavy atom. The molecule has 1 N–H and O–H groups in total. The maximum absolute atomic E-state index is 12.2. The Morgan fingerprint density at radius 1 is 0.739 bits per heavy atom. The van der Waals surface area contributed by atoms with Crippen LogP contribution in [-0.2, 0) is 0 Å². The molecule has 23 heavy (non-hydrogen) atoms. The zero-order valence-corrected chi connectivity index (χ0v) is 12.5. The van der Waals surface area contributed by atoms with Crippen molar-refractivity contribution in [1.82, 2.24) is 0 Å². The summed E-state index contributed by atoms with van der Waals surface area (Å²) in [6.45, 7) is 0. The van der Waals surface area contributed by atoms with Gasteiger partial charge in [-0.05, 0) is 29.3 Å². The number of hydrogen-bond acceptors (Lipinski definition) is 2. The van der Waals surface area contributed by atoms with Crippen molar-refractivity contribution in [3.63, 3.8) is 0 Å². The fourth-order valence-corrected chi connectivity index (χ4v) is 2.35. The molecule has 0 aliphatic rings. The second kappa shape index (κ2) is 6.75. The van der Waals surface area contributed by atoms with E-state index in [1.807, 2.05) is 60.7 Å². The highest BCUT2D eigenvalue weighted by atomic mass is 16.3. The van der Waals surface area contributed by atoms with Crippen molar-refractivity contribution < 1.29 is 9.90 Å². The summed E-state index contributed by atoms with van der Waals surface area (Å²) in [7, 11) is 0. The van der Waals surface area contributed by atoms with Crippen LogP contribution in [0.5, 0.6) is 5.75 Å².